The fourth-order valence-electron chi connectivity index (χ4n) is 1.98. The molecule has 0 radical (unpaired) electrons. The molecule has 0 aliphatic carbocycles. The van der Waals surface area contributed by atoms with Crippen LogP contribution in [0.5, 0.6) is 5.75 Å². The topological polar surface area (TPSA) is 37.9 Å². The molecule has 2 aromatic rings. The van der Waals surface area contributed by atoms with Crippen LogP contribution in [0.25, 0.3) is 0 Å². The van der Waals surface area contributed by atoms with Gasteiger partial charge in [0.05, 0.1) is 11.6 Å². The standard InChI is InChI=1S/C15H17BrN2OS/c1-9(2)14-13(16)15(20)18-12(17-14)8-10-5-4-6-11(7-10)19-3/h4-7,9H,8H2,1-3H3,(H,17,18,20). The summed E-state index contributed by atoms with van der Waals surface area (Å²) in [4.78, 5) is 7.81. The SMILES string of the molecule is COc1cccc(Cc2nc(=S)c(Br)c(C(C)C)[nH]2)c1. The molecule has 0 aliphatic heterocycles. The summed E-state index contributed by atoms with van der Waals surface area (Å²) in [5.41, 5.74) is 2.22. The highest BCUT2D eigenvalue weighted by Gasteiger charge is 2.10. The molecule has 0 spiro atoms. The molecule has 0 saturated carbocycles. The summed E-state index contributed by atoms with van der Waals surface area (Å²) < 4.78 is 6.73. The van der Waals surface area contributed by atoms with Gasteiger partial charge in [0.2, 0.25) is 0 Å². The maximum absolute atomic E-state index is 5.31. The Balaban J connectivity index is 2.36. The highest BCUT2D eigenvalue weighted by atomic mass is 79.9. The molecule has 1 heterocycles. The maximum Gasteiger partial charge on any atom is 0.144 e. The van der Waals surface area contributed by atoms with Gasteiger partial charge in [-0.15, -0.1) is 0 Å². The molecule has 106 valence electrons. The monoisotopic (exact) mass is 352 g/mol. The second-order valence-electron chi connectivity index (χ2n) is 4.90. The zero-order valence-electron chi connectivity index (χ0n) is 11.7. The van der Waals surface area contributed by atoms with Crippen LogP contribution in [0.4, 0.5) is 0 Å². The molecule has 0 amide bonds. The first-order valence-corrected chi connectivity index (χ1v) is 7.63. The normalized spacial score (nSPS) is 10.8. The second kappa shape index (κ2) is 6.50. The number of hydrogen-bond donors (Lipinski definition) is 1. The Labute approximate surface area is 132 Å². The molecule has 0 unspecified atom stereocenters. The van der Waals surface area contributed by atoms with Crippen molar-refractivity contribution in [3.05, 3.63) is 50.5 Å². The molecule has 20 heavy (non-hydrogen) atoms. The Kier molecular flexibility index (Phi) is 4.94. The minimum absolute atomic E-state index is 0.359. The molecule has 1 N–H and O–H groups in total. The van der Waals surface area contributed by atoms with Crippen molar-refractivity contribution < 1.29 is 4.74 Å². The van der Waals surface area contributed by atoms with Gasteiger partial charge in [0.25, 0.3) is 0 Å². The molecular formula is C15H17BrN2OS. The average Bonchev–Trinajstić information content (AvgIpc) is 2.42. The smallest absolute Gasteiger partial charge is 0.144 e. The van der Waals surface area contributed by atoms with E-state index in [0.717, 1.165) is 27.3 Å². The molecule has 0 fully saturated rings. The first kappa shape index (κ1) is 15.2. The predicted octanol–water partition coefficient (Wildman–Crippen LogP) is 4.62. The van der Waals surface area contributed by atoms with Crippen LogP contribution in [0.2, 0.25) is 0 Å². The van der Waals surface area contributed by atoms with Gasteiger partial charge >= 0.3 is 0 Å². The van der Waals surface area contributed by atoms with Crippen LogP contribution in [0.3, 0.4) is 0 Å². The lowest BCUT2D eigenvalue weighted by atomic mass is 10.1. The van der Waals surface area contributed by atoms with Gasteiger partial charge < -0.3 is 9.72 Å². The van der Waals surface area contributed by atoms with Crippen LogP contribution in [-0.4, -0.2) is 17.1 Å². The summed E-state index contributed by atoms with van der Waals surface area (Å²) in [7, 11) is 1.67. The molecule has 0 saturated heterocycles. The van der Waals surface area contributed by atoms with Crippen LogP contribution in [0.1, 0.15) is 36.8 Å². The Morgan fingerprint density at radius 2 is 2.15 bits per heavy atom. The first-order chi connectivity index (χ1) is 9.51. The van der Waals surface area contributed by atoms with E-state index >= 15 is 0 Å². The fourth-order valence-corrected chi connectivity index (χ4v) is 2.85. The van der Waals surface area contributed by atoms with Crippen molar-refractivity contribution in [2.24, 2.45) is 0 Å². The van der Waals surface area contributed by atoms with Crippen molar-refractivity contribution >= 4 is 28.1 Å². The van der Waals surface area contributed by atoms with Gasteiger partial charge in [-0.3, -0.25) is 0 Å². The highest BCUT2D eigenvalue weighted by Crippen LogP contribution is 2.24. The molecule has 3 nitrogen and oxygen atoms in total. The summed E-state index contributed by atoms with van der Waals surface area (Å²) >= 11 is 8.81. The van der Waals surface area contributed by atoms with E-state index in [1.54, 1.807) is 7.11 Å². The number of aromatic amines is 1. The Hall–Kier alpha value is -1.20. The van der Waals surface area contributed by atoms with Crippen molar-refractivity contribution in [1.29, 1.82) is 0 Å². The third kappa shape index (κ3) is 3.46. The quantitative estimate of drug-likeness (QED) is 0.815. The van der Waals surface area contributed by atoms with Crippen LogP contribution < -0.4 is 4.74 Å². The number of rotatable bonds is 4. The van der Waals surface area contributed by atoms with Crippen LogP contribution in [-0.2, 0) is 6.42 Å². The highest BCUT2D eigenvalue weighted by molar-refractivity contribution is 9.10. The van der Waals surface area contributed by atoms with E-state index in [9.17, 15) is 0 Å². The summed E-state index contributed by atoms with van der Waals surface area (Å²) in [5.74, 6) is 2.08. The van der Waals surface area contributed by atoms with E-state index in [1.807, 2.05) is 18.2 Å². The molecular weight excluding hydrogens is 336 g/mol. The third-order valence-electron chi connectivity index (χ3n) is 3.02. The van der Waals surface area contributed by atoms with E-state index in [0.29, 0.717) is 17.0 Å². The maximum atomic E-state index is 5.31. The molecule has 2 rings (SSSR count). The first-order valence-electron chi connectivity index (χ1n) is 6.42. The molecule has 1 aromatic carbocycles. The van der Waals surface area contributed by atoms with Crippen molar-refractivity contribution in [3.8, 4) is 5.75 Å². The minimum atomic E-state index is 0.359. The number of nitrogens with one attached hydrogen (secondary N) is 1. The molecule has 0 atom stereocenters. The zero-order chi connectivity index (χ0) is 14.7. The lowest BCUT2D eigenvalue weighted by molar-refractivity contribution is 0.414. The molecule has 1 aromatic heterocycles. The van der Waals surface area contributed by atoms with Crippen LogP contribution in [0, 0.1) is 4.64 Å². The number of nitrogens with zero attached hydrogens (tertiary/aromatic N) is 1. The van der Waals surface area contributed by atoms with Crippen LogP contribution >= 0.6 is 28.1 Å². The number of hydrogen-bond acceptors (Lipinski definition) is 3. The number of aromatic nitrogens is 2. The fraction of sp³-hybridized carbons (Fsp3) is 0.333. The summed E-state index contributed by atoms with van der Waals surface area (Å²) in [6.07, 6.45) is 0.702. The van der Waals surface area contributed by atoms with Crippen molar-refractivity contribution in [1.82, 2.24) is 9.97 Å². The van der Waals surface area contributed by atoms with Gasteiger partial charge in [0.1, 0.15) is 16.2 Å². The van der Waals surface area contributed by atoms with E-state index in [4.69, 9.17) is 17.0 Å². The van der Waals surface area contributed by atoms with Crippen LogP contribution in [0.15, 0.2) is 28.7 Å². The number of ether oxygens (including phenoxy) is 1. The summed E-state index contributed by atoms with van der Waals surface area (Å²) in [6.45, 7) is 4.25. The van der Waals surface area contributed by atoms with Gasteiger partial charge in [-0.25, -0.2) is 4.98 Å². The number of H-pyrrole nitrogens is 1. The minimum Gasteiger partial charge on any atom is -0.497 e. The van der Waals surface area contributed by atoms with Gasteiger partial charge in [-0.1, -0.05) is 38.2 Å². The Morgan fingerprint density at radius 1 is 1.40 bits per heavy atom. The van der Waals surface area contributed by atoms with Crippen molar-refractivity contribution in [2.75, 3.05) is 7.11 Å². The number of methoxy groups -OCH3 is 1. The Morgan fingerprint density at radius 3 is 2.80 bits per heavy atom. The lowest BCUT2D eigenvalue weighted by Crippen LogP contribution is -2.04. The zero-order valence-corrected chi connectivity index (χ0v) is 14.1. The van der Waals surface area contributed by atoms with Gasteiger partial charge in [-0.2, -0.15) is 0 Å². The molecule has 0 bridgehead atoms. The average molecular weight is 353 g/mol. The number of halogens is 1. The molecule has 0 aliphatic rings. The molecule has 5 heteroatoms. The third-order valence-corrected chi connectivity index (χ3v) is 4.38. The van der Waals surface area contributed by atoms with E-state index in [2.05, 4.69) is 45.8 Å². The predicted molar refractivity (Wildman–Crippen MR) is 87.0 cm³/mol. The lowest BCUT2D eigenvalue weighted by Gasteiger charge is -2.11. The summed E-state index contributed by atoms with van der Waals surface area (Å²) in [5, 5.41) is 0. The van der Waals surface area contributed by atoms with E-state index in [1.165, 1.54) is 0 Å². The largest absolute Gasteiger partial charge is 0.497 e. The number of benzene rings is 1. The van der Waals surface area contributed by atoms with Crippen molar-refractivity contribution in [3.63, 3.8) is 0 Å². The van der Waals surface area contributed by atoms with Crippen molar-refractivity contribution in [2.45, 2.75) is 26.2 Å². The second-order valence-corrected chi connectivity index (χ2v) is 6.08. The summed E-state index contributed by atoms with van der Waals surface area (Å²) in [6, 6.07) is 7.97. The Bertz CT molecular complexity index is 667. The van der Waals surface area contributed by atoms with Gasteiger partial charge in [0, 0.05) is 12.1 Å². The van der Waals surface area contributed by atoms with Gasteiger partial charge in [-0.05, 0) is 39.5 Å². The van der Waals surface area contributed by atoms with Gasteiger partial charge in [0.15, 0.2) is 0 Å². The van der Waals surface area contributed by atoms with E-state index < -0.39 is 0 Å². The van der Waals surface area contributed by atoms with E-state index in [-0.39, 0.29) is 0 Å².